The number of aliphatic carboxylic acids is 1. The van der Waals surface area contributed by atoms with E-state index >= 15 is 0 Å². The molecule has 1 fully saturated rings. The highest BCUT2D eigenvalue weighted by atomic mass is 79.9. The van der Waals surface area contributed by atoms with Gasteiger partial charge in [0.05, 0.1) is 7.11 Å². The molecule has 1 aliphatic rings. The number of hydrogen-bond acceptors (Lipinski definition) is 4. The zero-order valence-electron chi connectivity index (χ0n) is 10.7. The van der Waals surface area contributed by atoms with Crippen LogP contribution >= 0.6 is 15.9 Å². The van der Waals surface area contributed by atoms with E-state index in [9.17, 15) is 13.2 Å². The largest absolute Gasteiger partial charge is 0.497 e. The fraction of sp³-hybridized carbons (Fsp3) is 0.417. The lowest BCUT2D eigenvalue weighted by molar-refractivity contribution is -0.140. The van der Waals surface area contributed by atoms with Gasteiger partial charge in [0.2, 0.25) is 10.0 Å². The summed E-state index contributed by atoms with van der Waals surface area (Å²) in [5.74, 6) is -0.719. The lowest BCUT2D eigenvalue weighted by Crippen LogP contribution is -2.40. The van der Waals surface area contributed by atoms with Crippen LogP contribution in [0, 0.1) is 0 Å². The SMILES string of the molecule is COc1ccc(Br)c(S(=O)(=O)N2CCCC2C(=O)O)c1. The summed E-state index contributed by atoms with van der Waals surface area (Å²) in [6.07, 6.45) is 0.869. The molecule has 0 aromatic heterocycles. The first-order valence-corrected chi connectivity index (χ1v) is 8.19. The van der Waals surface area contributed by atoms with E-state index in [2.05, 4.69) is 15.9 Å². The van der Waals surface area contributed by atoms with E-state index in [0.717, 1.165) is 4.31 Å². The molecule has 110 valence electrons. The topological polar surface area (TPSA) is 83.9 Å². The predicted octanol–water partition coefficient (Wildman–Crippen LogP) is 1.70. The first kappa shape index (κ1) is 15.3. The normalized spacial score (nSPS) is 20.0. The highest BCUT2D eigenvalue weighted by Gasteiger charge is 2.40. The quantitative estimate of drug-likeness (QED) is 0.879. The second kappa shape index (κ2) is 5.71. The van der Waals surface area contributed by atoms with Gasteiger partial charge in [0.1, 0.15) is 16.7 Å². The van der Waals surface area contributed by atoms with Crippen molar-refractivity contribution in [2.45, 2.75) is 23.8 Å². The standard InChI is InChI=1S/C12H14BrNO5S/c1-19-8-4-5-9(13)11(7-8)20(17,18)14-6-2-3-10(14)12(15)16/h4-5,7,10H,2-3,6H2,1H3,(H,15,16). The van der Waals surface area contributed by atoms with E-state index in [1.165, 1.54) is 13.2 Å². The zero-order valence-corrected chi connectivity index (χ0v) is 13.1. The summed E-state index contributed by atoms with van der Waals surface area (Å²) in [5, 5.41) is 9.12. The molecule has 0 amide bonds. The molecule has 1 aliphatic heterocycles. The molecular weight excluding hydrogens is 350 g/mol. The maximum absolute atomic E-state index is 12.6. The van der Waals surface area contributed by atoms with Crippen molar-refractivity contribution in [2.24, 2.45) is 0 Å². The number of nitrogens with zero attached hydrogens (tertiary/aromatic N) is 1. The maximum Gasteiger partial charge on any atom is 0.322 e. The van der Waals surface area contributed by atoms with Crippen LogP contribution in [0.1, 0.15) is 12.8 Å². The molecular formula is C12H14BrNO5S. The van der Waals surface area contributed by atoms with E-state index in [4.69, 9.17) is 9.84 Å². The Bertz CT molecular complexity index is 631. The second-order valence-corrected chi connectivity index (χ2v) is 7.12. The molecule has 1 aromatic rings. The smallest absolute Gasteiger partial charge is 0.322 e. The monoisotopic (exact) mass is 363 g/mol. The highest BCUT2D eigenvalue weighted by molar-refractivity contribution is 9.10. The second-order valence-electron chi connectivity index (χ2n) is 4.41. The van der Waals surface area contributed by atoms with Gasteiger partial charge < -0.3 is 9.84 Å². The molecule has 0 spiro atoms. The van der Waals surface area contributed by atoms with Crippen LogP contribution in [0.3, 0.4) is 0 Å². The third-order valence-corrected chi connectivity index (χ3v) is 6.12. The van der Waals surface area contributed by atoms with E-state index in [1.807, 2.05) is 0 Å². The Morgan fingerprint density at radius 1 is 1.50 bits per heavy atom. The number of halogens is 1. The van der Waals surface area contributed by atoms with Crippen molar-refractivity contribution in [2.75, 3.05) is 13.7 Å². The van der Waals surface area contributed by atoms with Crippen molar-refractivity contribution < 1.29 is 23.1 Å². The van der Waals surface area contributed by atoms with Crippen molar-refractivity contribution in [3.05, 3.63) is 22.7 Å². The van der Waals surface area contributed by atoms with E-state index in [0.29, 0.717) is 23.1 Å². The minimum absolute atomic E-state index is 0.0185. The maximum atomic E-state index is 12.6. The molecule has 1 aromatic carbocycles. The van der Waals surface area contributed by atoms with Crippen LogP contribution in [0.5, 0.6) is 5.75 Å². The number of carboxylic acid groups (broad SMARTS) is 1. The van der Waals surface area contributed by atoms with Gasteiger partial charge in [0.25, 0.3) is 0 Å². The van der Waals surface area contributed by atoms with Gasteiger partial charge in [-0.15, -0.1) is 0 Å². The third-order valence-electron chi connectivity index (χ3n) is 3.21. The van der Waals surface area contributed by atoms with Crippen molar-refractivity contribution >= 4 is 31.9 Å². The van der Waals surface area contributed by atoms with Gasteiger partial charge in [0, 0.05) is 17.1 Å². The molecule has 1 unspecified atom stereocenters. The van der Waals surface area contributed by atoms with Crippen molar-refractivity contribution in [3.8, 4) is 5.75 Å². The molecule has 20 heavy (non-hydrogen) atoms. The fourth-order valence-electron chi connectivity index (χ4n) is 2.21. The lowest BCUT2D eigenvalue weighted by Gasteiger charge is -2.21. The van der Waals surface area contributed by atoms with Crippen LogP contribution in [-0.4, -0.2) is 43.5 Å². The summed E-state index contributed by atoms with van der Waals surface area (Å²) in [6.45, 7) is 0.211. The number of methoxy groups -OCH3 is 1. The summed E-state index contributed by atoms with van der Waals surface area (Å²) in [5.41, 5.74) is 0. The van der Waals surface area contributed by atoms with Gasteiger partial charge in [-0.1, -0.05) is 0 Å². The van der Waals surface area contributed by atoms with Gasteiger partial charge in [-0.3, -0.25) is 4.79 Å². The molecule has 1 saturated heterocycles. The minimum Gasteiger partial charge on any atom is -0.497 e. The third kappa shape index (κ3) is 2.68. The first-order chi connectivity index (χ1) is 9.37. The number of carboxylic acids is 1. The van der Waals surface area contributed by atoms with E-state index in [-0.39, 0.29) is 11.4 Å². The molecule has 2 rings (SSSR count). The van der Waals surface area contributed by atoms with Crippen LogP contribution < -0.4 is 4.74 Å². The van der Waals surface area contributed by atoms with Crippen LogP contribution in [0.4, 0.5) is 0 Å². The van der Waals surface area contributed by atoms with E-state index < -0.39 is 22.0 Å². The fourth-order valence-corrected chi connectivity index (χ4v) is 4.80. The lowest BCUT2D eigenvalue weighted by atomic mass is 10.2. The van der Waals surface area contributed by atoms with Crippen molar-refractivity contribution in [1.29, 1.82) is 0 Å². The predicted molar refractivity (Wildman–Crippen MR) is 75.2 cm³/mol. The number of sulfonamides is 1. The first-order valence-electron chi connectivity index (χ1n) is 5.96. The minimum atomic E-state index is -3.87. The average molecular weight is 364 g/mol. The Labute approximate surface area is 125 Å². The Morgan fingerprint density at radius 3 is 2.80 bits per heavy atom. The van der Waals surface area contributed by atoms with Crippen molar-refractivity contribution in [3.63, 3.8) is 0 Å². The average Bonchev–Trinajstić information content (AvgIpc) is 2.89. The van der Waals surface area contributed by atoms with Gasteiger partial charge in [-0.05, 0) is 40.9 Å². The van der Waals surface area contributed by atoms with Gasteiger partial charge in [-0.2, -0.15) is 4.31 Å². The van der Waals surface area contributed by atoms with Gasteiger partial charge in [0.15, 0.2) is 0 Å². The molecule has 6 nitrogen and oxygen atoms in total. The number of carbonyl (C=O) groups is 1. The summed E-state index contributed by atoms with van der Waals surface area (Å²) in [4.78, 5) is 11.2. The van der Waals surface area contributed by atoms with Crippen LogP contribution in [0.15, 0.2) is 27.6 Å². The molecule has 1 N–H and O–H groups in total. The number of benzene rings is 1. The van der Waals surface area contributed by atoms with Crippen LogP contribution in [0.2, 0.25) is 0 Å². The number of rotatable bonds is 4. The summed E-state index contributed by atoms with van der Waals surface area (Å²) in [7, 11) is -2.43. The number of hydrogen-bond donors (Lipinski definition) is 1. The van der Waals surface area contributed by atoms with Crippen LogP contribution in [0.25, 0.3) is 0 Å². The molecule has 1 heterocycles. The molecule has 0 bridgehead atoms. The molecule has 1 atom stereocenters. The molecule has 0 saturated carbocycles. The molecule has 0 aliphatic carbocycles. The van der Waals surface area contributed by atoms with Gasteiger partial charge >= 0.3 is 5.97 Å². The Balaban J connectivity index is 2.47. The van der Waals surface area contributed by atoms with E-state index in [1.54, 1.807) is 12.1 Å². The Hall–Kier alpha value is -1.12. The van der Waals surface area contributed by atoms with Crippen LogP contribution in [-0.2, 0) is 14.8 Å². The Kier molecular flexibility index (Phi) is 4.36. The van der Waals surface area contributed by atoms with Crippen molar-refractivity contribution in [1.82, 2.24) is 4.31 Å². The summed E-state index contributed by atoms with van der Waals surface area (Å²) in [6, 6.07) is 3.58. The summed E-state index contributed by atoms with van der Waals surface area (Å²) >= 11 is 3.19. The number of ether oxygens (including phenoxy) is 1. The summed E-state index contributed by atoms with van der Waals surface area (Å²) < 4.78 is 31.7. The highest BCUT2D eigenvalue weighted by Crippen LogP contribution is 2.32. The molecule has 8 heteroatoms. The Morgan fingerprint density at radius 2 is 2.20 bits per heavy atom. The zero-order chi connectivity index (χ0) is 14.9. The van der Waals surface area contributed by atoms with Gasteiger partial charge in [-0.25, -0.2) is 8.42 Å². The molecule has 0 radical (unpaired) electrons.